The van der Waals surface area contributed by atoms with Gasteiger partial charge >= 0.3 is 5.97 Å². The quantitative estimate of drug-likeness (QED) is 0.521. The summed E-state index contributed by atoms with van der Waals surface area (Å²) < 4.78 is 0. The number of carboxylic acids is 1. The Morgan fingerprint density at radius 1 is 1.03 bits per heavy atom. The van der Waals surface area contributed by atoms with Crippen LogP contribution in [0, 0.1) is 45.3 Å². The first-order chi connectivity index (χ1) is 16.5. The number of aliphatic hydroxyl groups is 1. The third kappa shape index (κ3) is 3.60. The van der Waals surface area contributed by atoms with E-state index in [1.807, 2.05) is 20.8 Å². The fourth-order valence-corrected chi connectivity index (χ4v) is 9.26. The van der Waals surface area contributed by atoms with E-state index in [-0.39, 0.29) is 53.4 Å². The first kappa shape index (κ1) is 27.2. The van der Waals surface area contributed by atoms with Gasteiger partial charge in [-0.3, -0.25) is 19.2 Å². The minimum atomic E-state index is -0.971. The Bertz CT molecular complexity index is 1040. The van der Waals surface area contributed by atoms with Crippen molar-refractivity contribution in [3.05, 3.63) is 11.1 Å². The normalized spacial score (nSPS) is 41.3. The van der Waals surface area contributed by atoms with E-state index in [0.29, 0.717) is 25.7 Å². The number of carbonyl (C=O) groups is 4. The molecule has 0 aromatic heterocycles. The highest BCUT2D eigenvalue weighted by Gasteiger charge is 2.68. The molecule has 2 fully saturated rings. The lowest BCUT2D eigenvalue weighted by atomic mass is 9.43. The van der Waals surface area contributed by atoms with E-state index in [4.69, 9.17) is 0 Å². The molecule has 4 aliphatic rings. The van der Waals surface area contributed by atoms with Crippen molar-refractivity contribution in [3.63, 3.8) is 0 Å². The second kappa shape index (κ2) is 8.61. The molecule has 0 heterocycles. The molecular formula is C30H44O6. The first-order valence-electron chi connectivity index (χ1n) is 13.7. The van der Waals surface area contributed by atoms with Gasteiger partial charge in [-0.2, -0.15) is 0 Å². The van der Waals surface area contributed by atoms with Crippen LogP contribution in [0.2, 0.25) is 0 Å². The van der Waals surface area contributed by atoms with Crippen LogP contribution in [0.25, 0.3) is 0 Å². The van der Waals surface area contributed by atoms with E-state index in [1.54, 1.807) is 6.92 Å². The molecule has 4 rings (SSSR count). The van der Waals surface area contributed by atoms with Gasteiger partial charge in [0.1, 0.15) is 11.6 Å². The lowest BCUT2D eigenvalue weighted by Crippen LogP contribution is -2.57. The second-order valence-corrected chi connectivity index (χ2v) is 13.7. The van der Waals surface area contributed by atoms with Gasteiger partial charge in [-0.1, -0.05) is 54.0 Å². The molecular weight excluding hydrogens is 456 g/mol. The van der Waals surface area contributed by atoms with Gasteiger partial charge in [0, 0.05) is 47.5 Å². The van der Waals surface area contributed by atoms with Crippen molar-refractivity contribution in [2.75, 3.05) is 0 Å². The van der Waals surface area contributed by atoms with Crippen LogP contribution in [0.3, 0.4) is 0 Å². The smallest absolute Gasteiger partial charge is 0.306 e. The topological polar surface area (TPSA) is 109 Å². The number of fused-ring (bicyclic) bond motifs is 4. The number of aliphatic carboxylic acids is 1. The molecule has 36 heavy (non-hydrogen) atoms. The van der Waals surface area contributed by atoms with Crippen molar-refractivity contribution in [1.29, 1.82) is 0 Å². The van der Waals surface area contributed by atoms with Gasteiger partial charge in [-0.05, 0) is 48.9 Å². The Hall–Kier alpha value is -1.82. The molecule has 0 bridgehead atoms. The second-order valence-electron chi connectivity index (χ2n) is 13.7. The molecule has 2 saturated carbocycles. The summed E-state index contributed by atoms with van der Waals surface area (Å²) in [6.07, 6.45) is 3.25. The number of carboxylic acid groups (broad SMARTS) is 1. The summed E-state index contributed by atoms with van der Waals surface area (Å²) in [7, 11) is 0. The summed E-state index contributed by atoms with van der Waals surface area (Å²) in [6, 6.07) is 0. The van der Waals surface area contributed by atoms with Gasteiger partial charge in [-0.25, -0.2) is 0 Å². The number of rotatable bonds is 6. The molecule has 6 nitrogen and oxygen atoms in total. The highest BCUT2D eigenvalue weighted by Crippen LogP contribution is 2.71. The first-order valence-corrected chi connectivity index (χ1v) is 13.7. The predicted molar refractivity (Wildman–Crippen MR) is 136 cm³/mol. The average Bonchev–Trinajstić information content (AvgIpc) is 2.97. The largest absolute Gasteiger partial charge is 0.481 e. The molecule has 0 amide bonds. The van der Waals surface area contributed by atoms with Crippen LogP contribution in [0.4, 0.5) is 0 Å². The highest BCUT2D eigenvalue weighted by molar-refractivity contribution is 6.00. The number of ketones is 3. The molecule has 2 N–H and O–H groups in total. The van der Waals surface area contributed by atoms with Crippen LogP contribution in [0.15, 0.2) is 11.1 Å². The lowest BCUT2D eigenvalue weighted by Gasteiger charge is -2.60. The summed E-state index contributed by atoms with van der Waals surface area (Å²) in [5.41, 5.74) is 0.108. The summed E-state index contributed by atoms with van der Waals surface area (Å²) in [4.78, 5) is 50.8. The Labute approximate surface area is 215 Å². The van der Waals surface area contributed by atoms with Gasteiger partial charge in [0.25, 0.3) is 0 Å². The van der Waals surface area contributed by atoms with Crippen molar-refractivity contribution >= 4 is 23.3 Å². The molecule has 3 unspecified atom stereocenters. The van der Waals surface area contributed by atoms with Crippen molar-refractivity contribution in [3.8, 4) is 0 Å². The minimum absolute atomic E-state index is 0.00537. The van der Waals surface area contributed by atoms with Crippen molar-refractivity contribution in [1.82, 2.24) is 0 Å². The number of Topliss-reactive ketones (excluding diaryl/α,β-unsaturated/α-hetero) is 3. The number of hydrogen-bond donors (Lipinski definition) is 2. The summed E-state index contributed by atoms with van der Waals surface area (Å²) in [6.45, 7) is 14.1. The van der Waals surface area contributed by atoms with Gasteiger partial charge in [0.2, 0.25) is 0 Å². The zero-order valence-electron chi connectivity index (χ0n) is 23.1. The van der Waals surface area contributed by atoms with E-state index in [9.17, 15) is 29.4 Å². The zero-order valence-corrected chi connectivity index (χ0v) is 23.1. The van der Waals surface area contributed by atoms with Crippen LogP contribution in [-0.4, -0.2) is 39.6 Å². The van der Waals surface area contributed by atoms with Gasteiger partial charge in [-0.15, -0.1) is 0 Å². The van der Waals surface area contributed by atoms with Crippen molar-refractivity contribution in [2.24, 2.45) is 45.3 Å². The maximum atomic E-state index is 14.0. The van der Waals surface area contributed by atoms with Crippen LogP contribution in [0.5, 0.6) is 0 Å². The van der Waals surface area contributed by atoms with E-state index in [1.165, 1.54) is 0 Å². The number of allylic oxidation sites excluding steroid dienone is 1. The average molecular weight is 501 g/mol. The summed E-state index contributed by atoms with van der Waals surface area (Å²) >= 11 is 0. The van der Waals surface area contributed by atoms with Crippen molar-refractivity contribution < 1.29 is 29.4 Å². The van der Waals surface area contributed by atoms with Gasteiger partial charge in [0.15, 0.2) is 5.78 Å². The monoisotopic (exact) mass is 500 g/mol. The Morgan fingerprint density at radius 3 is 2.28 bits per heavy atom. The van der Waals surface area contributed by atoms with E-state index >= 15 is 0 Å². The fraction of sp³-hybridized carbons (Fsp3) is 0.800. The van der Waals surface area contributed by atoms with Crippen LogP contribution < -0.4 is 0 Å². The molecule has 0 radical (unpaired) electrons. The third-order valence-electron chi connectivity index (χ3n) is 11.6. The molecule has 0 aromatic rings. The third-order valence-corrected chi connectivity index (χ3v) is 11.6. The van der Waals surface area contributed by atoms with E-state index in [0.717, 1.165) is 24.0 Å². The lowest BCUT2D eigenvalue weighted by molar-refractivity contribution is -0.143. The Balaban J connectivity index is 1.70. The van der Waals surface area contributed by atoms with Gasteiger partial charge in [0.05, 0.1) is 12.0 Å². The molecule has 0 saturated heterocycles. The maximum Gasteiger partial charge on any atom is 0.306 e. The predicted octanol–water partition coefficient (Wildman–Crippen LogP) is 5.16. The molecule has 0 aromatic carbocycles. The van der Waals surface area contributed by atoms with Crippen LogP contribution in [0.1, 0.15) is 99.8 Å². The molecule has 6 heteroatoms. The molecule has 8 atom stereocenters. The molecule has 200 valence electrons. The van der Waals surface area contributed by atoms with E-state index < -0.39 is 34.2 Å². The van der Waals surface area contributed by atoms with E-state index in [2.05, 4.69) is 20.8 Å². The molecule has 0 aliphatic heterocycles. The zero-order chi connectivity index (χ0) is 27.0. The molecule has 0 spiro atoms. The Morgan fingerprint density at radius 2 is 1.67 bits per heavy atom. The van der Waals surface area contributed by atoms with Crippen LogP contribution in [-0.2, 0) is 19.2 Å². The standard InChI is InChI=1S/C30H44O6/c1-16(12-18(31)13-17(2)26(35)36)20-14-24(34)30(7)19-8-9-22-27(3,4)23(33)10-11-28(22,5)25(19)21(32)15-29(20,30)6/h16-17,20,22,24,34H,8-15H2,1-7H3,(H,35,36)/t16-,17?,20-,22?,24?,28+,29-,30-/m0/s1. The summed E-state index contributed by atoms with van der Waals surface area (Å²) in [5, 5.41) is 20.8. The SMILES string of the molecule is CC(CC(=O)C[C@H](C)[C@@H]1CC(O)[C@]2(C)C3=C(C(=O)C[C@@]12C)[C@]1(C)CCC(=O)C(C)(C)C1CC3)C(=O)O. The summed E-state index contributed by atoms with van der Waals surface area (Å²) in [5.74, 6) is -1.29. The Kier molecular flexibility index (Phi) is 6.51. The highest BCUT2D eigenvalue weighted by atomic mass is 16.4. The minimum Gasteiger partial charge on any atom is -0.481 e. The maximum absolute atomic E-state index is 14.0. The number of carbonyl (C=O) groups excluding carboxylic acids is 3. The molecule has 4 aliphatic carbocycles. The number of aliphatic hydroxyl groups excluding tert-OH is 1. The van der Waals surface area contributed by atoms with Crippen molar-refractivity contribution in [2.45, 2.75) is 106 Å². The number of hydrogen-bond acceptors (Lipinski definition) is 5. The van der Waals surface area contributed by atoms with Crippen LogP contribution >= 0.6 is 0 Å². The van der Waals surface area contributed by atoms with Gasteiger partial charge < -0.3 is 10.2 Å². The fourth-order valence-electron chi connectivity index (χ4n) is 9.26.